The maximum absolute atomic E-state index is 12.2. The second-order valence-corrected chi connectivity index (χ2v) is 13.2. The molecule has 0 saturated carbocycles. The van der Waals surface area contributed by atoms with Gasteiger partial charge in [0.15, 0.2) is 5.82 Å². The van der Waals surface area contributed by atoms with Crippen molar-refractivity contribution in [2.75, 3.05) is 60.8 Å². The van der Waals surface area contributed by atoms with Gasteiger partial charge in [0.1, 0.15) is 16.3 Å². The van der Waals surface area contributed by atoms with Crippen LogP contribution in [0.5, 0.6) is 5.75 Å². The van der Waals surface area contributed by atoms with E-state index in [1.54, 1.807) is 25.4 Å². The van der Waals surface area contributed by atoms with Crippen LogP contribution in [0.3, 0.4) is 0 Å². The van der Waals surface area contributed by atoms with Gasteiger partial charge >= 0.3 is 0 Å². The Hall–Kier alpha value is -3.94. The number of aryl methyl sites for hydroxylation is 1. The molecule has 44 heavy (non-hydrogen) atoms. The number of methoxy groups -OCH3 is 1. The molecule has 0 aliphatic carbocycles. The maximum atomic E-state index is 12.2. The van der Waals surface area contributed by atoms with Gasteiger partial charge in [0, 0.05) is 43.3 Å². The van der Waals surface area contributed by atoms with E-state index in [0.29, 0.717) is 28.5 Å². The molecule has 0 radical (unpaired) electrons. The lowest BCUT2D eigenvalue weighted by Gasteiger charge is -2.37. The van der Waals surface area contributed by atoms with Crippen LogP contribution >= 0.6 is 11.6 Å². The van der Waals surface area contributed by atoms with Crippen LogP contribution in [0.25, 0.3) is 11.0 Å². The van der Waals surface area contributed by atoms with Crippen molar-refractivity contribution in [3.05, 3.63) is 53.4 Å². The van der Waals surface area contributed by atoms with Crippen LogP contribution in [-0.2, 0) is 16.4 Å². The molecular formula is C30H38ClN9O3S. The highest BCUT2D eigenvalue weighted by molar-refractivity contribution is 7.92. The number of benzene rings is 2. The second kappa shape index (κ2) is 13.4. The number of anilines is 6. The topological polar surface area (TPSA) is 138 Å². The van der Waals surface area contributed by atoms with Gasteiger partial charge in [-0.3, -0.25) is 14.7 Å². The lowest BCUT2D eigenvalue weighted by atomic mass is 10.00. The van der Waals surface area contributed by atoms with Crippen molar-refractivity contribution in [1.29, 1.82) is 0 Å². The van der Waals surface area contributed by atoms with E-state index in [9.17, 15) is 8.42 Å². The van der Waals surface area contributed by atoms with Crippen LogP contribution in [0, 0.1) is 0 Å². The summed E-state index contributed by atoms with van der Waals surface area (Å²) in [5.41, 5.74) is 4.69. The van der Waals surface area contributed by atoms with Gasteiger partial charge in [-0.05, 0) is 57.1 Å². The molecule has 0 amide bonds. The number of fused-ring (bicyclic) bond motifs is 1. The molecule has 14 heteroatoms. The largest absolute Gasteiger partial charge is 0.494 e. The van der Waals surface area contributed by atoms with Crippen molar-refractivity contribution >= 4 is 67.2 Å². The molecule has 12 nitrogen and oxygen atoms in total. The quantitative estimate of drug-likeness (QED) is 0.194. The van der Waals surface area contributed by atoms with Crippen molar-refractivity contribution in [1.82, 2.24) is 24.8 Å². The number of ether oxygens (including phenoxy) is 1. The average molecular weight is 640 g/mol. The first kappa shape index (κ1) is 31.5. The minimum absolute atomic E-state index is 0.235. The highest BCUT2D eigenvalue weighted by Crippen LogP contribution is 2.38. The normalized spacial score (nSPS) is 14.2. The van der Waals surface area contributed by atoms with Gasteiger partial charge in [-0.25, -0.2) is 13.4 Å². The summed E-state index contributed by atoms with van der Waals surface area (Å²) in [7, 11) is 2.31. The number of hydrogen-bond acceptors (Lipinski definition) is 11. The number of nitrogens with zero attached hydrogens (tertiary/aromatic N) is 6. The van der Waals surface area contributed by atoms with Gasteiger partial charge in [0.05, 0.1) is 42.1 Å². The van der Waals surface area contributed by atoms with E-state index in [0.717, 1.165) is 50.7 Å². The first-order chi connectivity index (χ1) is 21.1. The second-order valence-electron chi connectivity index (χ2n) is 11.0. The highest BCUT2D eigenvalue weighted by Gasteiger charge is 2.24. The molecule has 5 rings (SSSR count). The van der Waals surface area contributed by atoms with Crippen LogP contribution in [0.2, 0.25) is 5.02 Å². The van der Waals surface area contributed by atoms with Gasteiger partial charge in [-0.15, -0.1) is 0 Å². The predicted octanol–water partition coefficient (Wildman–Crippen LogP) is 5.42. The first-order valence-electron chi connectivity index (χ1n) is 14.5. The SMILES string of the molecule is CCCc1cc(Nc2ncc(Cl)c(Nc3ccc4nccnc4c3NS(C)(=O)=O)n2)c(OC)cc1N1CCC(N(C)C)CC1. The van der Waals surface area contributed by atoms with E-state index >= 15 is 0 Å². The van der Waals surface area contributed by atoms with E-state index in [-0.39, 0.29) is 22.5 Å². The van der Waals surface area contributed by atoms with Crippen molar-refractivity contribution in [2.24, 2.45) is 0 Å². The van der Waals surface area contributed by atoms with Crippen molar-refractivity contribution in [3.63, 3.8) is 0 Å². The molecular weight excluding hydrogens is 602 g/mol. The van der Waals surface area contributed by atoms with Gasteiger partial charge in [0.2, 0.25) is 16.0 Å². The molecule has 4 aromatic rings. The number of hydrogen-bond donors (Lipinski definition) is 3. The Kier molecular flexibility index (Phi) is 9.56. The van der Waals surface area contributed by atoms with Gasteiger partial charge in [0.25, 0.3) is 0 Å². The maximum Gasteiger partial charge on any atom is 0.229 e. The molecule has 0 bridgehead atoms. The fraction of sp³-hybridized carbons (Fsp3) is 0.400. The number of sulfonamides is 1. The Bertz CT molecular complexity index is 1750. The van der Waals surface area contributed by atoms with E-state index in [1.807, 2.05) is 0 Å². The summed E-state index contributed by atoms with van der Waals surface area (Å²) in [6.45, 7) is 4.15. The summed E-state index contributed by atoms with van der Waals surface area (Å²) in [4.78, 5) is 22.4. The lowest BCUT2D eigenvalue weighted by molar-refractivity contribution is 0.249. The smallest absolute Gasteiger partial charge is 0.229 e. The number of rotatable bonds is 11. The molecule has 1 aliphatic rings. The van der Waals surface area contributed by atoms with E-state index in [1.165, 1.54) is 23.6 Å². The highest BCUT2D eigenvalue weighted by atomic mass is 35.5. The molecule has 3 heterocycles. The molecule has 2 aromatic heterocycles. The van der Waals surface area contributed by atoms with Gasteiger partial charge in [-0.2, -0.15) is 4.98 Å². The van der Waals surface area contributed by atoms with E-state index < -0.39 is 10.0 Å². The Morgan fingerprint density at radius 2 is 1.82 bits per heavy atom. The third-order valence-corrected chi connectivity index (χ3v) is 8.48. The summed E-state index contributed by atoms with van der Waals surface area (Å²) >= 11 is 6.50. The molecule has 1 saturated heterocycles. The van der Waals surface area contributed by atoms with E-state index in [2.05, 4.69) is 78.2 Å². The zero-order chi connectivity index (χ0) is 31.4. The Labute approximate surface area is 263 Å². The lowest BCUT2D eigenvalue weighted by Crippen LogP contribution is -2.42. The Balaban J connectivity index is 1.45. The fourth-order valence-electron chi connectivity index (χ4n) is 5.46. The zero-order valence-electron chi connectivity index (χ0n) is 25.6. The summed E-state index contributed by atoms with van der Waals surface area (Å²) in [6, 6.07) is 8.22. The molecule has 234 valence electrons. The molecule has 0 unspecified atom stereocenters. The van der Waals surface area contributed by atoms with Crippen LogP contribution < -0.4 is 25.0 Å². The molecule has 3 N–H and O–H groups in total. The predicted molar refractivity (Wildman–Crippen MR) is 178 cm³/mol. The molecule has 1 fully saturated rings. The minimum Gasteiger partial charge on any atom is -0.494 e. The van der Waals surface area contributed by atoms with Crippen molar-refractivity contribution < 1.29 is 13.2 Å². The Morgan fingerprint density at radius 3 is 2.50 bits per heavy atom. The minimum atomic E-state index is -3.63. The van der Waals surface area contributed by atoms with Crippen LogP contribution in [-0.4, -0.2) is 79.8 Å². The van der Waals surface area contributed by atoms with Gasteiger partial charge in [-0.1, -0.05) is 24.9 Å². The number of aromatic nitrogens is 4. The zero-order valence-corrected chi connectivity index (χ0v) is 27.1. The standard InChI is InChI=1S/C30H38ClN9O3S/c1-6-7-19-16-24(26(43-4)17-25(19)40-14-10-20(11-15-40)39(2)3)36-30-34-18-21(31)29(37-30)35-23-9-8-22-27(33-13-12-32-22)28(23)38-44(5,41)42/h8-9,12-13,16-18,20,38H,6-7,10-11,14-15H2,1-5H3,(H2,34,35,36,37). The third-order valence-electron chi connectivity index (χ3n) is 7.63. The summed E-state index contributed by atoms with van der Waals surface area (Å²) < 4.78 is 32.8. The number of halogens is 1. The average Bonchev–Trinajstić information content (AvgIpc) is 2.99. The van der Waals surface area contributed by atoms with Crippen LogP contribution in [0.15, 0.2) is 42.9 Å². The summed E-state index contributed by atoms with van der Waals surface area (Å²) in [5.74, 6) is 1.24. The molecule has 2 aromatic carbocycles. The van der Waals surface area contributed by atoms with Crippen LogP contribution in [0.4, 0.5) is 34.5 Å². The van der Waals surface area contributed by atoms with Gasteiger partial charge < -0.3 is 25.2 Å². The number of piperidine rings is 1. The molecule has 1 aliphatic heterocycles. The summed E-state index contributed by atoms with van der Waals surface area (Å²) in [6.07, 6.45) is 9.72. The fourth-order valence-corrected chi connectivity index (χ4v) is 6.18. The van der Waals surface area contributed by atoms with Crippen LogP contribution in [0.1, 0.15) is 31.7 Å². The molecule has 0 atom stereocenters. The first-order valence-corrected chi connectivity index (χ1v) is 16.7. The monoisotopic (exact) mass is 639 g/mol. The molecule has 0 spiro atoms. The van der Waals surface area contributed by atoms with E-state index in [4.69, 9.17) is 16.3 Å². The number of nitrogens with one attached hydrogen (secondary N) is 3. The summed E-state index contributed by atoms with van der Waals surface area (Å²) in [5, 5.41) is 6.70. The Morgan fingerprint density at radius 1 is 1.07 bits per heavy atom. The van der Waals surface area contributed by atoms with Crippen molar-refractivity contribution in [2.45, 2.75) is 38.6 Å². The van der Waals surface area contributed by atoms with Crippen molar-refractivity contribution in [3.8, 4) is 5.75 Å². The third kappa shape index (κ3) is 7.22.